The third kappa shape index (κ3) is 4.84. The standard InChI is InChI=1S/C28H33F3N2O3/c1-17(26(34)35)24(20-6-7-20)21-8-5-19-9-10-27(36-23(19)16-21)11-14-33(15-12-27)18(2)25-22(28(29,30)31)4-3-13-32-25/h3-5,8,13,16-18,20,24H,6-7,9-12,14-15H2,1-2H3,(H,34,35)/t17-,18?,24?/m0/s1. The Labute approximate surface area is 209 Å². The van der Waals surface area contributed by atoms with Gasteiger partial charge in [-0.1, -0.05) is 19.1 Å². The molecule has 3 atom stereocenters. The van der Waals surface area contributed by atoms with Crippen LogP contribution in [-0.4, -0.2) is 39.7 Å². The lowest BCUT2D eigenvalue weighted by atomic mass is 9.80. The first-order valence-electron chi connectivity index (χ1n) is 12.9. The Balaban J connectivity index is 1.31. The van der Waals surface area contributed by atoms with Crippen LogP contribution in [0, 0.1) is 11.8 Å². The van der Waals surface area contributed by atoms with Gasteiger partial charge in [-0.3, -0.25) is 14.7 Å². The topological polar surface area (TPSA) is 62.7 Å². The number of rotatable bonds is 6. The zero-order valence-electron chi connectivity index (χ0n) is 20.7. The highest BCUT2D eigenvalue weighted by Gasteiger charge is 2.43. The van der Waals surface area contributed by atoms with Crippen molar-refractivity contribution < 1.29 is 27.8 Å². The molecule has 1 aliphatic carbocycles. The fourth-order valence-electron chi connectivity index (χ4n) is 6.14. The Bertz CT molecular complexity index is 1120. The molecule has 1 saturated carbocycles. The van der Waals surface area contributed by atoms with Crippen molar-refractivity contribution >= 4 is 5.97 Å². The Morgan fingerprint density at radius 2 is 1.89 bits per heavy atom. The lowest BCUT2D eigenvalue weighted by Gasteiger charge is -2.46. The molecule has 0 bridgehead atoms. The molecule has 3 heterocycles. The van der Waals surface area contributed by atoms with Crippen molar-refractivity contribution in [3.05, 3.63) is 58.9 Å². The molecule has 5 rings (SSSR count). The largest absolute Gasteiger partial charge is 0.487 e. The quantitative estimate of drug-likeness (QED) is 0.507. The van der Waals surface area contributed by atoms with Crippen LogP contribution < -0.4 is 4.74 Å². The number of carboxylic acids is 1. The van der Waals surface area contributed by atoms with Crippen molar-refractivity contribution in [2.75, 3.05) is 13.1 Å². The van der Waals surface area contributed by atoms with E-state index in [-0.39, 0.29) is 17.2 Å². The number of alkyl halides is 3. The number of hydrogen-bond acceptors (Lipinski definition) is 4. The van der Waals surface area contributed by atoms with Crippen LogP contribution in [0.25, 0.3) is 0 Å². The third-order valence-electron chi connectivity index (χ3n) is 8.51. The van der Waals surface area contributed by atoms with E-state index in [1.54, 1.807) is 13.8 Å². The fraction of sp³-hybridized carbons (Fsp3) is 0.571. The van der Waals surface area contributed by atoms with Crippen molar-refractivity contribution in [3.8, 4) is 5.75 Å². The first-order chi connectivity index (χ1) is 17.1. The number of hydrogen-bond donors (Lipinski definition) is 1. The maximum Gasteiger partial charge on any atom is 0.418 e. The highest BCUT2D eigenvalue weighted by atomic mass is 19.4. The van der Waals surface area contributed by atoms with Crippen LogP contribution in [0.15, 0.2) is 36.5 Å². The summed E-state index contributed by atoms with van der Waals surface area (Å²) in [7, 11) is 0. The van der Waals surface area contributed by atoms with Gasteiger partial charge in [0, 0.05) is 25.3 Å². The molecule has 194 valence electrons. The number of aliphatic carboxylic acids is 1. The van der Waals surface area contributed by atoms with Gasteiger partial charge in [0.1, 0.15) is 11.4 Å². The zero-order valence-corrected chi connectivity index (χ0v) is 20.7. The van der Waals surface area contributed by atoms with E-state index < -0.39 is 29.7 Å². The predicted molar refractivity (Wildman–Crippen MR) is 129 cm³/mol. The molecule has 36 heavy (non-hydrogen) atoms. The summed E-state index contributed by atoms with van der Waals surface area (Å²) in [6.07, 6.45) is 2.32. The average molecular weight is 503 g/mol. The van der Waals surface area contributed by atoms with E-state index in [1.807, 2.05) is 0 Å². The Hall–Kier alpha value is -2.61. The van der Waals surface area contributed by atoms with E-state index in [9.17, 15) is 23.1 Å². The smallest absolute Gasteiger partial charge is 0.418 e. The van der Waals surface area contributed by atoms with Gasteiger partial charge < -0.3 is 9.84 Å². The number of carboxylic acid groups (broad SMARTS) is 1. The number of likely N-dealkylation sites (tertiary alicyclic amines) is 1. The van der Waals surface area contributed by atoms with Crippen molar-refractivity contribution in [3.63, 3.8) is 0 Å². The molecule has 8 heteroatoms. The van der Waals surface area contributed by atoms with Gasteiger partial charge in [0.05, 0.1) is 17.2 Å². The van der Waals surface area contributed by atoms with Crippen molar-refractivity contribution in [2.45, 2.75) is 76.1 Å². The number of carbonyl (C=O) groups is 1. The van der Waals surface area contributed by atoms with E-state index >= 15 is 0 Å². The number of fused-ring (bicyclic) bond motifs is 1. The second-order valence-corrected chi connectivity index (χ2v) is 10.8. The monoisotopic (exact) mass is 502 g/mol. The highest BCUT2D eigenvalue weighted by molar-refractivity contribution is 5.71. The number of pyridine rings is 1. The summed E-state index contributed by atoms with van der Waals surface area (Å²) in [5.41, 5.74) is 1.23. The molecule has 2 unspecified atom stereocenters. The van der Waals surface area contributed by atoms with Crippen LogP contribution in [0.3, 0.4) is 0 Å². The molecule has 3 aliphatic rings. The number of halogens is 3. The number of ether oxygens (including phenoxy) is 1. The Kier molecular flexibility index (Phi) is 6.52. The fourth-order valence-corrected chi connectivity index (χ4v) is 6.14. The van der Waals surface area contributed by atoms with Gasteiger partial charge in [0.25, 0.3) is 0 Å². The van der Waals surface area contributed by atoms with Gasteiger partial charge in [-0.05, 0) is 86.6 Å². The molecule has 2 aromatic rings. The molecule has 1 aromatic carbocycles. The van der Waals surface area contributed by atoms with E-state index in [2.05, 4.69) is 28.1 Å². The van der Waals surface area contributed by atoms with Gasteiger partial charge in [-0.2, -0.15) is 13.2 Å². The lowest BCUT2D eigenvalue weighted by molar-refractivity contribution is -0.142. The van der Waals surface area contributed by atoms with E-state index in [0.717, 1.165) is 61.5 Å². The molecule has 2 fully saturated rings. The zero-order chi connectivity index (χ0) is 25.7. The van der Waals surface area contributed by atoms with Crippen molar-refractivity contribution in [1.29, 1.82) is 0 Å². The molecule has 1 saturated heterocycles. The van der Waals surface area contributed by atoms with E-state index in [0.29, 0.717) is 19.0 Å². The number of aromatic nitrogens is 1. The average Bonchev–Trinajstić information content (AvgIpc) is 3.68. The minimum atomic E-state index is -4.43. The Morgan fingerprint density at radius 1 is 1.17 bits per heavy atom. The predicted octanol–water partition coefficient (Wildman–Crippen LogP) is 6.24. The molecule has 1 spiro atoms. The van der Waals surface area contributed by atoms with Crippen LogP contribution in [0.5, 0.6) is 5.75 Å². The van der Waals surface area contributed by atoms with Crippen LogP contribution in [-0.2, 0) is 17.4 Å². The minimum Gasteiger partial charge on any atom is -0.487 e. The summed E-state index contributed by atoms with van der Waals surface area (Å²) >= 11 is 0. The molecular formula is C28H33F3N2O3. The van der Waals surface area contributed by atoms with E-state index in [1.165, 1.54) is 12.3 Å². The summed E-state index contributed by atoms with van der Waals surface area (Å²) in [6, 6.07) is 8.19. The second kappa shape index (κ2) is 9.36. The normalized spacial score (nSPS) is 22.4. The molecule has 1 N–H and O–H groups in total. The summed E-state index contributed by atoms with van der Waals surface area (Å²) in [6.45, 7) is 4.84. The first-order valence-corrected chi connectivity index (χ1v) is 12.9. The molecule has 0 amide bonds. The summed E-state index contributed by atoms with van der Waals surface area (Å²) in [5.74, 6) is 0.00598. The molecule has 5 nitrogen and oxygen atoms in total. The minimum absolute atomic E-state index is 0.0156. The summed E-state index contributed by atoms with van der Waals surface area (Å²) in [4.78, 5) is 17.9. The Morgan fingerprint density at radius 3 is 2.53 bits per heavy atom. The van der Waals surface area contributed by atoms with Gasteiger partial charge >= 0.3 is 12.1 Å². The third-order valence-corrected chi connectivity index (χ3v) is 8.51. The SMILES string of the molecule is CC(c1ncccc1C(F)(F)F)N1CCC2(CCc3ccc(C(C4CC4)[C@H](C)C(=O)O)cc3O2)CC1. The first kappa shape index (κ1) is 25.1. The lowest BCUT2D eigenvalue weighted by Crippen LogP contribution is -2.50. The van der Waals surface area contributed by atoms with Crippen molar-refractivity contribution in [1.82, 2.24) is 9.88 Å². The van der Waals surface area contributed by atoms with Crippen LogP contribution >= 0.6 is 0 Å². The number of piperidine rings is 1. The summed E-state index contributed by atoms with van der Waals surface area (Å²) < 4.78 is 47.2. The number of nitrogens with zero attached hydrogens (tertiary/aromatic N) is 2. The molecule has 1 aromatic heterocycles. The van der Waals surface area contributed by atoms with Crippen LogP contribution in [0.1, 0.15) is 80.3 Å². The van der Waals surface area contributed by atoms with E-state index in [4.69, 9.17) is 4.74 Å². The van der Waals surface area contributed by atoms with Gasteiger partial charge in [-0.25, -0.2) is 0 Å². The molecule has 2 aliphatic heterocycles. The van der Waals surface area contributed by atoms with Crippen molar-refractivity contribution in [2.24, 2.45) is 11.8 Å². The molecular weight excluding hydrogens is 469 g/mol. The van der Waals surface area contributed by atoms with Crippen LogP contribution in [0.4, 0.5) is 13.2 Å². The molecule has 0 radical (unpaired) electrons. The van der Waals surface area contributed by atoms with Crippen LogP contribution in [0.2, 0.25) is 0 Å². The second-order valence-electron chi connectivity index (χ2n) is 10.8. The number of aryl methyl sites for hydroxylation is 1. The maximum absolute atomic E-state index is 13.5. The van der Waals surface area contributed by atoms with Gasteiger partial charge in [0.15, 0.2) is 0 Å². The van der Waals surface area contributed by atoms with Gasteiger partial charge in [-0.15, -0.1) is 0 Å². The number of benzene rings is 1. The van der Waals surface area contributed by atoms with Gasteiger partial charge in [0.2, 0.25) is 0 Å². The summed E-state index contributed by atoms with van der Waals surface area (Å²) in [5, 5.41) is 9.64. The maximum atomic E-state index is 13.5. The highest BCUT2D eigenvalue weighted by Crippen LogP contribution is 2.49.